The third-order valence-electron chi connectivity index (χ3n) is 4.22. The lowest BCUT2D eigenvalue weighted by Crippen LogP contribution is -2.27. The number of amides is 1. The Morgan fingerprint density at radius 1 is 1.42 bits per heavy atom. The van der Waals surface area contributed by atoms with Crippen molar-refractivity contribution in [2.24, 2.45) is 0 Å². The lowest BCUT2D eigenvalue weighted by molar-refractivity contribution is 0.0940. The zero-order valence-electron chi connectivity index (χ0n) is 14.1. The molecule has 126 valence electrons. The molecule has 0 aliphatic rings. The number of aryl methyl sites for hydroxylation is 3. The molecule has 0 saturated heterocycles. The van der Waals surface area contributed by atoms with Gasteiger partial charge >= 0.3 is 5.69 Å². The van der Waals surface area contributed by atoms with Gasteiger partial charge in [0, 0.05) is 17.7 Å². The van der Waals surface area contributed by atoms with Gasteiger partial charge in [-0.3, -0.25) is 9.36 Å². The molecule has 0 saturated carbocycles. The SMILES string of the molecule is CCn1c(=O)[nH]c2cc(C(=O)NC(C)c3c(C)noc3C)ccc21. The van der Waals surface area contributed by atoms with E-state index in [4.69, 9.17) is 4.52 Å². The summed E-state index contributed by atoms with van der Waals surface area (Å²) >= 11 is 0. The molecule has 2 N–H and O–H groups in total. The zero-order valence-corrected chi connectivity index (χ0v) is 14.1. The largest absolute Gasteiger partial charge is 0.361 e. The molecule has 1 unspecified atom stereocenters. The smallest absolute Gasteiger partial charge is 0.326 e. The van der Waals surface area contributed by atoms with Crippen LogP contribution in [0.25, 0.3) is 11.0 Å². The molecule has 0 bridgehead atoms. The number of hydrogen-bond donors (Lipinski definition) is 2. The van der Waals surface area contributed by atoms with Gasteiger partial charge in [0.2, 0.25) is 0 Å². The van der Waals surface area contributed by atoms with E-state index in [2.05, 4.69) is 15.5 Å². The Bertz CT molecular complexity index is 945. The molecule has 7 heteroatoms. The number of carbonyl (C=O) groups excluding carboxylic acids is 1. The number of imidazole rings is 1. The molecule has 0 aliphatic carbocycles. The van der Waals surface area contributed by atoms with Gasteiger partial charge < -0.3 is 14.8 Å². The van der Waals surface area contributed by atoms with Gasteiger partial charge in [-0.1, -0.05) is 5.16 Å². The molecule has 0 radical (unpaired) electrons. The number of H-pyrrole nitrogens is 1. The molecule has 1 aromatic carbocycles. The fourth-order valence-electron chi connectivity index (χ4n) is 3.08. The zero-order chi connectivity index (χ0) is 17.4. The van der Waals surface area contributed by atoms with E-state index in [9.17, 15) is 9.59 Å². The lowest BCUT2D eigenvalue weighted by atomic mass is 10.1. The number of carbonyl (C=O) groups is 1. The average molecular weight is 328 g/mol. The summed E-state index contributed by atoms with van der Waals surface area (Å²) in [6.45, 7) is 8.04. The predicted octanol–water partition coefficient (Wildman–Crippen LogP) is 2.45. The van der Waals surface area contributed by atoms with Crippen molar-refractivity contribution < 1.29 is 9.32 Å². The van der Waals surface area contributed by atoms with Crippen molar-refractivity contribution in [1.82, 2.24) is 20.0 Å². The molecular weight excluding hydrogens is 308 g/mol. The fourth-order valence-corrected chi connectivity index (χ4v) is 3.08. The monoisotopic (exact) mass is 328 g/mol. The summed E-state index contributed by atoms with van der Waals surface area (Å²) in [5, 5.41) is 6.85. The first-order valence-electron chi connectivity index (χ1n) is 7.88. The van der Waals surface area contributed by atoms with Crippen LogP contribution in [0.4, 0.5) is 0 Å². The second-order valence-electron chi connectivity index (χ2n) is 5.84. The predicted molar refractivity (Wildman–Crippen MR) is 90.1 cm³/mol. The van der Waals surface area contributed by atoms with Crippen LogP contribution in [-0.2, 0) is 6.54 Å². The number of rotatable bonds is 4. The van der Waals surface area contributed by atoms with Crippen molar-refractivity contribution in [2.75, 3.05) is 0 Å². The highest BCUT2D eigenvalue weighted by atomic mass is 16.5. The normalized spacial score (nSPS) is 12.5. The van der Waals surface area contributed by atoms with Gasteiger partial charge in [-0.15, -0.1) is 0 Å². The maximum absolute atomic E-state index is 12.5. The van der Waals surface area contributed by atoms with Crippen molar-refractivity contribution in [2.45, 2.75) is 40.3 Å². The van der Waals surface area contributed by atoms with Gasteiger partial charge in [0.05, 0.1) is 22.8 Å². The molecule has 1 atom stereocenters. The van der Waals surface area contributed by atoms with E-state index >= 15 is 0 Å². The number of nitrogens with one attached hydrogen (secondary N) is 2. The summed E-state index contributed by atoms with van der Waals surface area (Å²) in [7, 11) is 0. The molecule has 7 nitrogen and oxygen atoms in total. The van der Waals surface area contributed by atoms with Crippen molar-refractivity contribution >= 4 is 16.9 Å². The maximum Gasteiger partial charge on any atom is 0.326 e. The van der Waals surface area contributed by atoms with Crippen molar-refractivity contribution in [1.29, 1.82) is 0 Å². The van der Waals surface area contributed by atoms with Crippen LogP contribution in [0.15, 0.2) is 27.5 Å². The Labute approximate surface area is 138 Å². The van der Waals surface area contributed by atoms with E-state index in [0.717, 1.165) is 16.8 Å². The van der Waals surface area contributed by atoms with Crippen LogP contribution in [0.1, 0.15) is 47.3 Å². The molecule has 2 heterocycles. The van der Waals surface area contributed by atoms with E-state index in [0.29, 0.717) is 23.4 Å². The van der Waals surface area contributed by atoms with Crippen LogP contribution in [-0.4, -0.2) is 20.6 Å². The summed E-state index contributed by atoms with van der Waals surface area (Å²) in [5.41, 5.74) is 3.41. The van der Waals surface area contributed by atoms with Gasteiger partial charge in [0.15, 0.2) is 0 Å². The number of benzene rings is 1. The first kappa shape index (κ1) is 16.0. The summed E-state index contributed by atoms with van der Waals surface area (Å²) in [6.07, 6.45) is 0. The van der Waals surface area contributed by atoms with Crippen LogP contribution in [0.2, 0.25) is 0 Å². The number of fused-ring (bicyclic) bond motifs is 1. The number of hydrogen-bond acceptors (Lipinski definition) is 4. The lowest BCUT2D eigenvalue weighted by Gasteiger charge is -2.14. The number of nitrogens with zero attached hydrogens (tertiary/aromatic N) is 2. The molecular formula is C17H20N4O3. The molecule has 0 fully saturated rings. The van der Waals surface area contributed by atoms with E-state index < -0.39 is 0 Å². The quantitative estimate of drug-likeness (QED) is 0.769. The number of aromatic amines is 1. The van der Waals surface area contributed by atoms with Crippen LogP contribution in [0.3, 0.4) is 0 Å². The van der Waals surface area contributed by atoms with E-state index in [1.807, 2.05) is 27.7 Å². The first-order valence-corrected chi connectivity index (χ1v) is 7.88. The molecule has 0 aliphatic heterocycles. The highest BCUT2D eigenvalue weighted by Gasteiger charge is 2.19. The third kappa shape index (κ3) is 2.62. The van der Waals surface area contributed by atoms with Crippen LogP contribution < -0.4 is 11.0 Å². The number of aromatic nitrogens is 3. The van der Waals surface area contributed by atoms with E-state index in [1.165, 1.54) is 0 Å². The molecule has 3 rings (SSSR count). The molecule has 0 spiro atoms. The van der Waals surface area contributed by atoms with Crippen LogP contribution >= 0.6 is 0 Å². The Morgan fingerprint density at radius 2 is 2.17 bits per heavy atom. The molecule has 24 heavy (non-hydrogen) atoms. The van der Waals surface area contributed by atoms with Crippen LogP contribution in [0, 0.1) is 13.8 Å². The highest BCUT2D eigenvalue weighted by Crippen LogP contribution is 2.21. The van der Waals surface area contributed by atoms with E-state index in [-0.39, 0.29) is 17.6 Å². The fraction of sp³-hybridized carbons (Fsp3) is 0.353. The third-order valence-corrected chi connectivity index (χ3v) is 4.22. The van der Waals surface area contributed by atoms with Gasteiger partial charge in [0.25, 0.3) is 5.91 Å². The second-order valence-corrected chi connectivity index (χ2v) is 5.84. The maximum atomic E-state index is 12.5. The minimum atomic E-state index is -0.223. The summed E-state index contributed by atoms with van der Waals surface area (Å²) in [4.78, 5) is 27.1. The van der Waals surface area contributed by atoms with Gasteiger partial charge in [-0.25, -0.2) is 4.79 Å². The summed E-state index contributed by atoms with van der Waals surface area (Å²) in [6, 6.07) is 4.97. The van der Waals surface area contributed by atoms with Crippen molar-refractivity contribution in [3.8, 4) is 0 Å². The first-order chi connectivity index (χ1) is 11.4. The highest BCUT2D eigenvalue weighted by molar-refractivity contribution is 5.97. The van der Waals surface area contributed by atoms with E-state index in [1.54, 1.807) is 22.8 Å². The Hall–Kier alpha value is -2.83. The second kappa shape index (κ2) is 5.99. The van der Waals surface area contributed by atoms with Crippen molar-refractivity contribution in [3.05, 3.63) is 51.3 Å². The molecule has 1 amide bonds. The minimum Gasteiger partial charge on any atom is -0.361 e. The Balaban J connectivity index is 1.87. The van der Waals surface area contributed by atoms with Gasteiger partial charge in [0.1, 0.15) is 5.76 Å². The topological polar surface area (TPSA) is 92.9 Å². The summed E-state index contributed by atoms with van der Waals surface area (Å²) < 4.78 is 6.77. The molecule has 3 aromatic rings. The van der Waals surface area contributed by atoms with Crippen molar-refractivity contribution in [3.63, 3.8) is 0 Å². The minimum absolute atomic E-state index is 0.172. The van der Waals surface area contributed by atoms with Gasteiger partial charge in [-0.05, 0) is 45.9 Å². The average Bonchev–Trinajstić information content (AvgIpc) is 3.04. The summed E-state index contributed by atoms with van der Waals surface area (Å²) in [5.74, 6) is 0.481. The molecule has 2 aromatic heterocycles. The Kier molecular flexibility index (Phi) is 4.01. The standard InChI is InChI=1S/C17H20N4O3/c1-5-21-14-7-6-12(8-13(14)19-17(21)23)16(22)18-9(2)15-10(3)20-24-11(15)4/h6-9H,5H2,1-4H3,(H,18,22)(H,19,23). The van der Waals surface area contributed by atoms with Crippen LogP contribution in [0.5, 0.6) is 0 Å². The Morgan fingerprint density at radius 3 is 2.79 bits per heavy atom. The van der Waals surface area contributed by atoms with Gasteiger partial charge in [-0.2, -0.15) is 0 Å².